The fraction of sp³-hybridized carbons (Fsp3) is 0.581. The van der Waals surface area contributed by atoms with Gasteiger partial charge in [0.1, 0.15) is 41.7 Å². The first-order valence-corrected chi connectivity index (χ1v) is 14.9. The highest BCUT2D eigenvalue weighted by molar-refractivity contribution is 5.69. The number of carbonyl (C=O) groups is 2. The van der Waals surface area contributed by atoms with E-state index in [1.54, 1.807) is 30.6 Å². The predicted octanol–water partition coefficient (Wildman–Crippen LogP) is 3.13. The second kappa shape index (κ2) is 10.8. The number of esters is 2. The number of fused-ring (bicyclic) bond motifs is 4. The molecule has 1 aliphatic heterocycles. The number of carbonyl (C=O) groups excluding carboxylic acids is 2. The lowest BCUT2D eigenvalue weighted by Crippen LogP contribution is -2.70. The van der Waals surface area contributed by atoms with Crippen molar-refractivity contribution in [2.75, 3.05) is 6.61 Å². The zero-order chi connectivity index (χ0) is 31.4. The summed E-state index contributed by atoms with van der Waals surface area (Å²) in [6.45, 7) is 9.48. The Kier molecular flexibility index (Phi) is 7.34. The number of nitrogens with zero attached hydrogens (tertiary/aromatic N) is 5. The van der Waals surface area contributed by atoms with Crippen LogP contribution in [0, 0.1) is 28.6 Å². The van der Waals surface area contributed by atoms with E-state index in [1.807, 2.05) is 6.92 Å². The molecule has 1 N–H and O–H groups in total. The van der Waals surface area contributed by atoms with Crippen LogP contribution in [0.25, 0.3) is 11.3 Å². The van der Waals surface area contributed by atoms with E-state index >= 15 is 0 Å². The molecule has 2 aliphatic carbocycles. The van der Waals surface area contributed by atoms with Crippen LogP contribution in [0.5, 0.6) is 5.75 Å². The molecule has 0 spiro atoms. The quantitative estimate of drug-likeness (QED) is 0.407. The molecule has 6 rings (SSSR count). The molecule has 234 valence electrons. The maximum Gasteiger partial charge on any atom is 0.345 e. The van der Waals surface area contributed by atoms with Gasteiger partial charge in [0.2, 0.25) is 0 Å². The van der Waals surface area contributed by atoms with Gasteiger partial charge in [0.25, 0.3) is 0 Å². The topological polar surface area (TPSA) is 169 Å². The van der Waals surface area contributed by atoms with Crippen LogP contribution in [0.15, 0.2) is 46.1 Å². The minimum atomic E-state index is -1.29. The molecule has 8 atom stereocenters. The molecule has 3 aromatic rings. The van der Waals surface area contributed by atoms with Gasteiger partial charge in [-0.1, -0.05) is 20.8 Å². The van der Waals surface area contributed by atoms with Crippen molar-refractivity contribution in [2.45, 2.75) is 78.2 Å². The predicted molar refractivity (Wildman–Crippen MR) is 153 cm³/mol. The molecule has 44 heavy (non-hydrogen) atoms. The minimum absolute atomic E-state index is 0.0288. The normalized spacial score (nSPS) is 34.1. The van der Waals surface area contributed by atoms with Crippen LogP contribution in [0.4, 0.5) is 0 Å². The van der Waals surface area contributed by atoms with Crippen molar-refractivity contribution in [3.8, 4) is 17.1 Å². The monoisotopic (exact) mass is 607 g/mol. The van der Waals surface area contributed by atoms with Crippen molar-refractivity contribution in [2.24, 2.45) is 28.6 Å². The number of ether oxygens (including phenoxy) is 3. The van der Waals surface area contributed by atoms with Crippen LogP contribution in [0.1, 0.15) is 65.5 Å². The van der Waals surface area contributed by atoms with Crippen molar-refractivity contribution < 1.29 is 33.3 Å². The Bertz CT molecular complexity index is 1610. The molecule has 0 aromatic carbocycles. The number of pyridine rings is 1. The van der Waals surface area contributed by atoms with Crippen LogP contribution in [0.2, 0.25) is 0 Å². The zero-order valence-corrected chi connectivity index (χ0v) is 25.4. The Morgan fingerprint density at radius 2 is 2.05 bits per heavy atom. The Morgan fingerprint density at radius 1 is 1.25 bits per heavy atom. The third-order valence-corrected chi connectivity index (χ3v) is 10.6. The molecule has 0 radical (unpaired) electrons. The Labute approximate surface area is 253 Å². The molecule has 3 unspecified atom stereocenters. The number of aromatic nitrogens is 5. The molecule has 0 saturated heterocycles. The third-order valence-electron chi connectivity index (χ3n) is 10.6. The lowest BCUT2D eigenvalue weighted by Gasteiger charge is -2.66. The zero-order valence-electron chi connectivity index (χ0n) is 25.4. The van der Waals surface area contributed by atoms with E-state index in [9.17, 15) is 19.5 Å². The molecule has 3 aliphatic rings. The van der Waals surface area contributed by atoms with Crippen LogP contribution in [-0.2, 0) is 25.6 Å². The van der Waals surface area contributed by atoms with Gasteiger partial charge < -0.3 is 23.7 Å². The molecule has 2 saturated carbocycles. The minimum Gasteiger partial charge on any atom is -0.482 e. The third kappa shape index (κ3) is 4.77. The summed E-state index contributed by atoms with van der Waals surface area (Å²) < 4.78 is 25.5. The first kappa shape index (κ1) is 29.9. The van der Waals surface area contributed by atoms with Gasteiger partial charge in [-0.2, -0.15) is 0 Å². The maximum absolute atomic E-state index is 13.5. The van der Waals surface area contributed by atoms with Gasteiger partial charge in [0, 0.05) is 42.3 Å². The van der Waals surface area contributed by atoms with Gasteiger partial charge in [-0.15, -0.1) is 5.10 Å². The van der Waals surface area contributed by atoms with Crippen LogP contribution >= 0.6 is 0 Å². The number of aliphatic hydroxyl groups excluding tert-OH is 1. The molecule has 4 heterocycles. The fourth-order valence-electron chi connectivity index (χ4n) is 8.28. The Balaban J connectivity index is 1.47. The van der Waals surface area contributed by atoms with E-state index in [0.29, 0.717) is 12.0 Å². The molecule has 13 heteroatoms. The molecule has 0 bridgehead atoms. The van der Waals surface area contributed by atoms with Gasteiger partial charge in [-0.3, -0.25) is 14.6 Å². The summed E-state index contributed by atoms with van der Waals surface area (Å²) in [5, 5.41) is 23.1. The SMILES string of the molecule is CC(=O)OCC1(C)C2C[C@H](OC(=O)Cn3cnnn3)[C@@]3(C)Oc4cc(-c5cccnc5)oc(=O)c4[C@H](O)C3[C@@]2(C)CC[C@@H]1C. The first-order chi connectivity index (χ1) is 20.9. The smallest absolute Gasteiger partial charge is 0.345 e. The van der Waals surface area contributed by atoms with Gasteiger partial charge in [0.05, 0.1) is 12.7 Å². The Morgan fingerprint density at radius 3 is 2.73 bits per heavy atom. The van der Waals surface area contributed by atoms with Crippen molar-refractivity contribution in [3.63, 3.8) is 0 Å². The maximum atomic E-state index is 13.5. The van der Waals surface area contributed by atoms with Gasteiger partial charge in [-0.25, -0.2) is 9.48 Å². The lowest BCUT2D eigenvalue weighted by atomic mass is 9.41. The highest BCUT2D eigenvalue weighted by atomic mass is 16.6. The second-order valence-corrected chi connectivity index (χ2v) is 13.1. The fourth-order valence-corrected chi connectivity index (χ4v) is 8.28. The first-order valence-electron chi connectivity index (χ1n) is 14.9. The van der Waals surface area contributed by atoms with E-state index in [2.05, 4.69) is 41.3 Å². The van der Waals surface area contributed by atoms with Crippen LogP contribution in [-0.4, -0.2) is 60.5 Å². The van der Waals surface area contributed by atoms with E-state index in [0.717, 1.165) is 12.8 Å². The van der Waals surface area contributed by atoms with E-state index in [4.69, 9.17) is 18.6 Å². The summed E-state index contributed by atoms with van der Waals surface area (Å²) in [5.41, 5.74) is -2.46. The van der Waals surface area contributed by atoms with Gasteiger partial charge >= 0.3 is 17.6 Å². The van der Waals surface area contributed by atoms with Crippen molar-refractivity contribution in [1.82, 2.24) is 25.2 Å². The summed E-state index contributed by atoms with van der Waals surface area (Å²) in [4.78, 5) is 42.9. The summed E-state index contributed by atoms with van der Waals surface area (Å²) in [6, 6.07) is 5.06. The highest BCUT2D eigenvalue weighted by Crippen LogP contribution is 2.68. The molecule has 0 amide bonds. The molecular weight excluding hydrogens is 570 g/mol. The molecule has 13 nitrogen and oxygen atoms in total. The average molecular weight is 608 g/mol. The van der Waals surface area contributed by atoms with E-state index < -0.39 is 46.2 Å². The number of hydrogen-bond donors (Lipinski definition) is 1. The number of hydrogen-bond acceptors (Lipinski definition) is 12. The number of tetrazole rings is 1. The summed E-state index contributed by atoms with van der Waals surface area (Å²) >= 11 is 0. The second-order valence-electron chi connectivity index (χ2n) is 13.1. The Hall–Kier alpha value is -4.13. The van der Waals surface area contributed by atoms with Crippen molar-refractivity contribution >= 4 is 11.9 Å². The van der Waals surface area contributed by atoms with E-state index in [-0.39, 0.29) is 48.0 Å². The van der Waals surface area contributed by atoms with Crippen LogP contribution < -0.4 is 10.4 Å². The van der Waals surface area contributed by atoms with Gasteiger partial charge in [0.15, 0.2) is 0 Å². The largest absolute Gasteiger partial charge is 0.482 e. The van der Waals surface area contributed by atoms with Crippen molar-refractivity contribution in [3.05, 3.63) is 52.9 Å². The summed E-state index contributed by atoms with van der Waals surface area (Å²) in [6.07, 6.45) is 4.27. The van der Waals surface area contributed by atoms with Crippen LogP contribution in [0.3, 0.4) is 0 Å². The average Bonchev–Trinajstić information content (AvgIpc) is 3.48. The highest BCUT2D eigenvalue weighted by Gasteiger charge is 2.70. The number of rotatable bonds is 6. The number of aliphatic hydroxyl groups is 1. The van der Waals surface area contributed by atoms with E-state index in [1.165, 1.54) is 17.9 Å². The molecule has 3 aromatic heterocycles. The molecular formula is C31H37N5O8. The molecule has 2 fully saturated rings. The lowest BCUT2D eigenvalue weighted by molar-refractivity contribution is -0.263. The summed E-state index contributed by atoms with van der Waals surface area (Å²) in [7, 11) is 0. The summed E-state index contributed by atoms with van der Waals surface area (Å²) in [5.74, 6) is -1.25. The standard InChI is InChI=1S/C31H37N5O8/c1-17-8-9-29(3)22(30(17,4)15-41-18(2)37)12-23(43-24(38)14-36-16-33-34-35-36)31(5)27(29)26(39)25-21(44-31)11-20(42-28(25)40)19-7-6-10-32-13-19/h6-7,10-11,13,16-17,22-23,26-27,39H,8-9,12,14-15H2,1-5H3/t17-,22?,23-,26-,27?,29-,30?,31+/m0/s1. The van der Waals surface area contributed by atoms with Crippen molar-refractivity contribution in [1.29, 1.82) is 0 Å². The van der Waals surface area contributed by atoms with Gasteiger partial charge in [-0.05, 0) is 66.0 Å².